The van der Waals surface area contributed by atoms with Crippen LogP contribution in [0, 0.1) is 11.6 Å². The number of carbonyl (C=O) groups excluding carboxylic acids is 1. The van der Waals surface area contributed by atoms with E-state index >= 15 is 0 Å². The average Bonchev–Trinajstić information content (AvgIpc) is 2.26. The molecule has 3 nitrogen and oxygen atoms in total. The lowest BCUT2D eigenvalue weighted by molar-refractivity contribution is -0.120. The van der Waals surface area contributed by atoms with Crippen molar-refractivity contribution < 1.29 is 13.6 Å². The molecule has 0 aliphatic heterocycles. The van der Waals surface area contributed by atoms with Gasteiger partial charge in [-0.25, -0.2) is 8.78 Å². The summed E-state index contributed by atoms with van der Waals surface area (Å²) in [7, 11) is 1.55. The molecule has 0 aliphatic rings. The molecular weight excluding hydrogens is 294 g/mol. The summed E-state index contributed by atoms with van der Waals surface area (Å²) in [6.45, 7) is 0.336. The number of hydrogen-bond donors (Lipinski definition) is 2. The van der Waals surface area contributed by atoms with Gasteiger partial charge in [0.2, 0.25) is 5.91 Å². The molecule has 0 saturated heterocycles. The van der Waals surface area contributed by atoms with E-state index in [0.29, 0.717) is 23.9 Å². The molecule has 0 radical (unpaired) electrons. The van der Waals surface area contributed by atoms with Crippen molar-refractivity contribution >= 4 is 27.5 Å². The van der Waals surface area contributed by atoms with Gasteiger partial charge < -0.3 is 10.6 Å². The maximum absolute atomic E-state index is 13.4. The van der Waals surface area contributed by atoms with Crippen molar-refractivity contribution in [3.63, 3.8) is 0 Å². The highest BCUT2D eigenvalue weighted by Gasteiger charge is 2.09. The van der Waals surface area contributed by atoms with Gasteiger partial charge >= 0.3 is 0 Å². The Morgan fingerprint density at radius 1 is 1.35 bits per heavy atom. The lowest BCUT2D eigenvalue weighted by Gasteiger charge is -2.08. The van der Waals surface area contributed by atoms with Gasteiger partial charge in [-0.05, 0) is 18.6 Å². The molecule has 0 aliphatic carbocycles. The van der Waals surface area contributed by atoms with Gasteiger partial charge in [-0.1, -0.05) is 15.9 Å². The number of carbonyl (C=O) groups is 1. The molecule has 0 atom stereocenters. The monoisotopic (exact) mass is 306 g/mol. The van der Waals surface area contributed by atoms with Gasteiger partial charge in [-0.2, -0.15) is 0 Å². The zero-order valence-corrected chi connectivity index (χ0v) is 10.9. The predicted molar refractivity (Wildman–Crippen MR) is 65.8 cm³/mol. The predicted octanol–water partition coefficient (Wildman–Crippen LogP) is 2.67. The molecule has 0 saturated carbocycles. The van der Waals surface area contributed by atoms with E-state index in [1.807, 2.05) is 0 Å². The zero-order valence-electron chi connectivity index (χ0n) is 9.32. The SMILES string of the molecule is CNC(=O)CCCNc1c(F)cc(Br)cc1F. The van der Waals surface area contributed by atoms with Gasteiger partial charge in [0.15, 0.2) is 0 Å². The van der Waals surface area contributed by atoms with Crippen LogP contribution in [0.5, 0.6) is 0 Å². The Morgan fingerprint density at radius 3 is 2.47 bits per heavy atom. The molecule has 0 spiro atoms. The lowest BCUT2D eigenvalue weighted by Crippen LogP contribution is -2.18. The van der Waals surface area contributed by atoms with Crippen LogP contribution in [0.1, 0.15) is 12.8 Å². The van der Waals surface area contributed by atoms with E-state index in [1.165, 1.54) is 12.1 Å². The Bertz CT molecular complexity index is 389. The average molecular weight is 307 g/mol. The van der Waals surface area contributed by atoms with Gasteiger partial charge in [-0.15, -0.1) is 0 Å². The molecule has 1 aromatic rings. The molecule has 0 fully saturated rings. The second kappa shape index (κ2) is 6.54. The Balaban J connectivity index is 2.50. The summed E-state index contributed by atoms with van der Waals surface area (Å²) in [6.07, 6.45) is 0.831. The highest BCUT2D eigenvalue weighted by atomic mass is 79.9. The summed E-state index contributed by atoms with van der Waals surface area (Å²) >= 11 is 3.00. The fourth-order valence-corrected chi connectivity index (χ4v) is 1.70. The second-order valence-electron chi connectivity index (χ2n) is 3.45. The molecule has 0 unspecified atom stereocenters. The summed E-state index contributed by atoms with van der Waals surface area (Å²) in [5.74, 6) is -1.41. The summed E-state index contributed by atoms with van der Waals surface area (Å²) in [4.78, 5) is 10.9. The van der Waals surface area contributed by atoms with Gasteiger partial charge in [0.05, 0.1) is 0 Å². The molecule has 1 rings (SSSR count). The van der Waals surface area contributed by atoms with Crippen LogP contribution in [0.2, 0.25) is 0 Å². The molecular formula is C11H13BrF2N2O. The van der Waals surface area contributed by atoms with Gasteiger partial charge in [0.25, 0.3) is 0 Å². The first-order chi connectivity index (χ1) is 8.04. The number of amides is 1. The Labute approximate surface area is 107 Å². The number of anilines is 1. The first-order valence-electron chi connectivity index (χ1n) is 5.13. The maximum Gasteiger partial charge on any atom is 0.219 e. The number of benzene rings is 1. The molecule has 0 aromatic heterocycles. The molecule has 1 aromatic carbocycles. The van der Waals surface area contributed by atoms with Crippen LogP contribution in [0.3, 0.4) is 0 Å². The van der Waals surface area contributed by atoms with Gasteiger partial charge in [-0.3, -0.25) is 4.79 Å². The molecule has 2 N–H and O–H groups in total. The van der Waals surface area contributed by atoms with Crippen LogP contribution in [-0.2, 0) is 4.79 Å². The summed E-state index contributed by atoms with van der Waals surface area (Å²) in [6, 6.07) is 2.37. The van der Waals surface area contributed by atoms with Crippen LogP contribution in [-0.4, -0.2) is 19.5 Å². The number of hydrogen-bond acceptors (Lipinski definition) is 2. The lowest BCUT2D eigenvalue weighted by atomic mass is 10.2. The Morgan fingerprint density at radius 2 is 1.94 bits per heavy atom. The van der Waals surface area contributed by atoms with Crippen molar-refractivity contribution in [2.24, 2.45) is 0 Å². The van der Waals surface area contributed by atoms with E-state index in [9.17, 15) is 13.6 Å². The molecule has 1 amide bonds. The molecule has 0 heterocycles. The van der Waals surface area contributed by atoms with E-state index in [0.717, 1.165) is 0 Å². The van der Waals surface area contributed by atoms with Crippen molar-refractivity contribution in [3.8, 4) is 0 Å². The van der Waals surface area contributed by atoms with E-state index in [1.54, 1.807) is 7.05 Å². The van der Waals surface area contributed by atoms with E-state index in [-0.39, 0.29) is 11.6 Å². The smallest absolute Gasteiger partial charge is 0.219 e. The normalized spacial score (nSPS) is 10.1. The standard InChI is InChI=1S/C11H13BrF2N2O/c1-15-10(17)3-2-4-16-11-8(13)5-7(12)6-9(11)14/h5-6,16H,2-4H2,1H3,(H,15,17). The zero-order chi connectivity index (χ0) is 12.8. The van der Waals surface area contributed by atoms with E-state index in [2.05, 4.69) is 26.6 Å². The minimum atomic E-state index is -0.656. The maximum atomic E-state index is 13.4. The Hall–Kier alpha value is -1.17. The van der Waals surface area contributed by atoms with Crippen molar-refractivity contribution in [3.05, 3.63) is 28.2 Å². The third-order valence-corrected chi connectivity index (χ3v) is 2.63. The highest BCUT2D eigenvalue weighted by molar-refractivity contribution is 9.10. The van der Waals surface area contributed by atoms with Crippen LogP contribution in [0.15, 0.2) is 16.6 Å². The highest BCUT2D eigenvalue weighted by Crippen LogP contribution is 2.23. The number of nitrogens with one attached hydrogen (secondary N) is 2. The van der Waals surface area contributed by atoms with E-state index in [4.69, 9.17) is 0 Å². The quantitative estimate of drug-likeness (QED) is 0.821. The number of rotatable bonds is 5. The van der Waals surface area contributed by atoms with Crippen molar-refractivity contribution in [2.75, 3.05) is 18.9 Å². The molecule has 0 bridgehead atoms. The van der Waals surface area contributed by atoms with Crippen LogP contribution in [0.4, 0.5) is 14.5 Å². The fourth-order valence-electron chi connectivity index (χ4n) is 1.30. The van der Waals surface area contributed by atoms with Crippen LogP contribution >= 0.6 is 15.9 Å². The minimum Gasteiger partial charge on any atom is -0.380 e. The summed E-state index contributed by atoms with van der Waals surface area (Å²) in [5.41, 5.74) is -0.162. The largest absolute Gasteiger partial charge is 0.380 e. The topological polar surface area (TPSA) is 41.1 Å². The molecule has 17 heavy (non-hydrogen) atoms. The van der Waals surface area contributed by atoms with Gasteiger partial charge in [0, 0.05) is 24.5 Å². The Kier molecular flexibility index (Phi) is 5.34. The first-order valence-corrected chi connectivity index (χ1v) is 5.93. The summed E-state index contributed by atoms with van der Waals surface area (Å²) < 4.78 is 27.1. The third-order valence-electron chi connectivity index (χ3n) is 2.17. The summed E-state index contributed by atoms with van der Waals surface area (Å²) in [5, 5.41) is 5.11. The van der Waals surface area contributed by atoms with Crippen LogP contribution < -0.4 is 10.6 Å². The van der Waals surface area contributed by atoms with Gasteiger partial charge in [0.1, 0.15) is 17.3 Å². The fraction of sp³-hybridized carbons (Fsp3) is 0.364. The van der Waals surface area contributed by atoms with Crippen molar-refractivity contribution in [1.29, 1.82) is 0 Å². The molecule has 6 heteroatoms. The first kappa shape index (κ1) is 13.9. The van der Waals surface area contributed by atoms with Crippen molar-refractivity contribution in [1.82, 2.24) is 5.32 Å². The number of halogens is 3. The van der Waals surface area contributed by atoms with Crippen LogP contribution in [0.25, 0.3) is 0 Å². The third kappa shape index (κ3) is 4.30. The van der Waals surface area contributed by atoms with E-state index < -0.39 is 11.6 Å². The minimum absolute atomic E-state index is 0.0939. The molecule has 94 valence electrons. The van der Waals surface area contributed by atoms with Crippen molar-refractivity contribution in [2.45, 2.75) is 12.8 Å². The second-order valence-corrected chi connectivity index (χ2v) is 4.36.